The molecule has 0 aliphatic rings. The smallest absolute Gasteiger partial charge is 0.387 e. The van der Waals surface area contributed by atoms with Gasteiger partial charge in [-0.3, -0.25) is 5.43 Å². The van der Waals surface area contributed by atoms with Crippen LogP contribution in [0, 0.1) is 5.82 Å². The SMILES string of the molecule is Nc1csc(NN=Cc2cc(F)cc(OC(F)F)c2)n1. The Balaban J connectivity index is 2.06. The van der Waals surface area contributed by atoms with Gasteiger partial charge in [-0.1, -0.05) is 0 Å². The largest absolute Gasteiger partial charge is 0.435 e. The van der Waals surface area contributed by atoms with Crippen molar-refractivity contribution in [1.82, 2.24) is 4.98 Å². The highest BCUT2D eigenvalue weighted by Crippen LogP contribution is 2.18. The van der Waals surface area contributed by atoms with E-state index in [-0.39, 0.29) is 11.3 Å². The number of nitrogen functional groups attached to an aromatic ring is 1. The van der Waals surface area contributed by atoms with Crippen LogP contribution in [0.3, 0.4) is 0 Å². The summed E-state index contributed by atoms with van der Waals surface area (Å²) in [5, 5.41) is 5.87. The third-order valence-electron chi connectivity index (χ3n) is 2.01. The third-order valence-corrected chi connectivity index (χ3v) is 2.78. The topological polar surface area (TPSA) is 72.5 Å². The maximum absolute atomic E-state index is 13.2. The van der Waals surface area contributed by atoms with Crippen molar-refractivity contribution >= 4 is 28.5 Å². The average Bonchev–Trinajstić information content (AvgIpc) is 2.73. The minimum Gasteiger partial charge on any atom is -0.435 e. The van der Waals surface area contributed by atoms with Gasteiger partial charge >= 0.3 is 6.61 Å². The average molecular weight is 302 g/mol. The molecule has 2 aromatic rings. The lowest BCUT2D eigenvalue weighted by Gasteiger charge is -2.05. The number of hydrazone groups is 1. The Morgan fingerprint density at radius 2 is 2.20 bits per heavy atom. The van der Waals surface area contributed by atoms with Crippen molar-refractivity contribution in [3.05, 3.63) is 35.0 Å². The molecule has 0 saturated heterocycles. The number of aromatic nitrogens is 1. The molecule has 20 heavy (non-hydrogen) atoms. The number of thiazole rings is 1. The van der Waals surface area contributed by atoms with Gasteiger partial charge in [-0.25, -0.2) is 9.37 Å². The monoisotopic (exact) mass is 302 g/mol. The number of nitrogens with zero attached hydrogens (tertiary/aromatic N) is 2. The zero-order valence-corrected chi connectivity index (χ0v) is 10.7. The molecule has 0 fully saturated rings. The van der Waals surface area contributed by atoms with Crippen LogP contribution in [-0.4, -0.2) is 17.8 Å². The van der Waals surface area contributed by atoms with E-state index in [1.165, 1.54) is 23.6 Å². The molecule has 1 heterocycles. The fraction of sp³-hybridized carbons (Fsp3) is 0.0909. The second-order valence-corrected chi connectivity index (χ2v) is 4.40. The molecule has 0 bridgehead atoms. The van der Waals surface area contributed by atoms with Crippen molar-refractivity contribution in [3.8, 4) is 5.75 Å². The summed E-state index contributed by atoms with van der Waals surface area (Å²) in [6.45, 7) is -3.02. The molecular weight excluding hydrogens is 293 g/mol. The number of alkyl halides is 2. The molecule has 3 N–H and O–H groups in total. The molecular formula is C11H9F3N4OS. The van der Waals surface area contributed by atoms with Crippen molar-refractivity contribution in [3.63, 3.8) is 0 Å². The number of halogens is 3. The van der Waals surface area contributed by atoms with Gasteiger partial charge in [0, 0.05) is 17.0 Å². The van der Waals surface area contributed by atoms with E-state index in [9.17, 15) is 13.2 Å². The molecule has 2 rings (SSSR count). The molecule has 1 aromatic carbocycles. The van der Waals surface area contributed by atoms with Gasteiger partial charge in [-0.2, -0.15) is 13.9 Å². The van der Waals surface area contributed by atoms with Crippen LogP contribution >= 0.6 is 11.3 Å². The number of nitrogens with one attached hydrogen (secondary N) is 1. The number of rotatable bonds is 5. The molecule has 0 spiro atoms. The first-order valence-corrected chi connectivity index (χ1v) is 6.16. The predicted octanol–water partition coefficient (Wildman–Crippen LogP) is 2.91. The fourth-order valence-electron chi connectivity index (χ4n) is 1.33. The third kappa shape index (κ3) is 4.12. The summed E-state index contributed by atoms with van der Waals surface area (Å²) in [6.07, 6.45) is 1.25. The lowest BCUT2D eigenvalue weighted by molar-refractivity contribution is -0.0499. The van der Waals surface area contributed by atoms with Gasteiger partial charge in [0.05, 0.1) is 6.21 Å². The van der Waals surface area contributed by atoms with Crippen LogP contribution < -0.4 is 15.9 Å². The molecule has 0 atom stereocenters. The number of benzene rings is 1. The highest BCUT2D eigenvalue weighted by Gasteiger charge is 2.06. The molecule has 0 unspecified atom stereocenters. The lowest BCUT2D eigenvalue weighted by Crippen LogP contribution is -2.02. The number of ether oxygens (including phenoxy) is 1. The van der Waals surface area contributed by atoms with Gasteiger partial charge in [0.15, 0.2) is 0 Å². The Morgan fingerprint density at radius 3 is 2.85 bits per heavy atom. The van der Waals surface area contributed by atoms with Crippen LogP contribution in [-0.2, 0) is 0 Å². The molecule has 0 radical (unpaired) electrons. The van der Waals surface area contributed by atoms with Gasteiger partial charge < -0.3 is 10.5 Å². The van der Waals surface area contributed by atoms with Crippen molar-refractivity contribution in [2.75, 3.05) is 11.2 Å². The standard InChI is InChI=1S/C11H9F3N4OS/c12-7-1-6(2-8(3-7)19-10(13)14)4-16-18-11-17-9(15)5-20-11/h1-5,10H,15H2,(H,17,18). The molecule has 106 valence electrons. The highest BCUT2D eigenvalue weighted by atomic mass is 32.1. The summed E-state index contributed by atoms with van der Waals surface area (Å²) in [5.41, 5.74) is 8.26. The van der Waals surface area contributed by atoms with Crippen molar-refractivity contribution in [2.45, 2.75) is 6.61 Å². The molecule has 9 heteroatoms. The van der Waals surface area contributed by atoms with Crippen LogP contribution in [0.4, 0.5) is 24.1 Å². The molecule has 0 saturated carbocycles. The quantitative estimate of drug-likeness (QED) is 0.658. The second kappa shape index (κ2) is 6.24. The Kier molecular flexibility index (Phi) is 4.41. The van der Waals surface area contributed by atoms with Crippen molar-refractivity contribution < 1.29 is 17.9 Å². The normalized spacial score (nSPS) is 11.2. The van der Waals surface area contributed by atoms with Crippen molar-refractivity contribution in [1.29, 1.82) is 0 Å². The first-order valence-electron chi connectivity index (χ1n) is 5.28. The van der Waals surface area contributed by atoms with Gasteiger partial charge in [0.1, 0.15) is 17.4 Å². The van der Waals surface area contributed by atoms with Crippen LogP contribution in [0.25, 0.3) is 0 Å². The summed E-state index contributed by atoms with van der Waals surface area (Å²) in [7, 11) is 0. The van der Waals surface area contributed by atoms with E-state index in [1.54, 1.807) is 5.38 Å². The van der Waals surface area contributed by atoms with Gasteiger partial charge in [0.25, 0.3) is 0 Å². The molecule has 0 aliphatic carbocycles. The maximum Gasteiger partial charge on any atom is 0.387 e. The number of hydrogen-bond donors (Lipinski definition) is 2. The Morgan fingerprint density at radius 1 is 1.40 bits per heavy atom. The van der Waals surface area contributed by atoms with Crippen LogP contribution in [0.5, 0.6) is 5.75 Å². The van der Waals surface area contributed by atoms with Gasteiger partial charge in [0.2, 0.25) is 5.13 Å². The van der Waals surface area contributed by atoms with E-state index >= 15 is 0 Å². The van der Waals surface area contributed by atoms with E-state index in [4.69, 9.17) is 5.73 Å². The zero-order chi connectivity index (χ0) is 14.5. The minimum atomic E-state index is -3.02. The summed E-state index contributed by atoms with van der Waals surface area (Å²) in [4.78, 5) is 3.89. The number of nitrogens with two attached hydrogens (primary N) is 1. The van der Waals surface area contributed by atoms with Crippen LogP contribution in [0.15, 0.2) is 28.7 Å². The van der Waals surface area contributed by atoms with E-state index < -0.39 is 12.4 Å². The second-order valence-electron chi connectivity index (χ2n) is 3.55. The predicted molar refractivity (Wildman–Crippen MR) is 70.8 cm³/mol. The Labute approximate surface area is 115 Å². The molecule has 5 nitrogen and oxygen atoms in total. The zero-order valence-electron chi connectivity index (χ0n) is 9.89. The van der Waals surface area contributed by atoms with Gasteiger partial charge in [-0.05, 0) is 12.1 Å². The van der Waals surface area contributed by atoms with E-state index in [0.717, 1.165) is 12.1 Å². The first kappa shape index (κ1) is 14.1. The van der Waals surface area contributed by atoms with Crippen molar-refractivity contribution in [2.24, 2.45) is 5.10 Å². The Hall–Kier alpha value is -2.29. The van der Waals surface area contributed by atoms with Crippen LogP contribution in [0.2, 0.25) is 0 Å². The Bertz CT molecular complexity index is 617. The van der Waals surface area contributed by atoms with Crippen LogP contribution in [0.1, 0.15) is 5.56 Å². The summed E-state index contributed by atoms with van der Waals surface area (Å²) in [5.74, 6) is -0.630. The summed E-state index contributed by atoms with van der Waals surface area (Å²) >= 11 is 1.24. The number of anilines is 2. The minimum absolute atomic E-state index is 0.262. The molecule has 1 aromatic heterocycles. The summed E-state index contributed by atoms with van der Waals surface area (Å²) < 4.78 is 41.4. The molecule has 0 aliphatic heterocycles. The van der Waals surface area contributed by atoms with E-state index in [1.807, 2.05) is 0 Å². The fourth-order valence-corrected chi connectivity index (χ4v) is 1.88. The highest BCUT2D eigenvalue weighted by molar-refractivity contribution is 7.14. The summed E-state index contributed by atoms with van der Waals surface area (Å²) in [6, 6.07) is 3.22. The molecule has 0 amide bonds. The van der Waals surface area contributed by atoms with E-state index in [0.29, 0.717) is 10.9 Å². The number of hydrogen-bond acceptors (Lipinski definition) is 6. The lowest BCUT2D eigenvalue weighted by atomic mass is 10.2. The van der Waals surface area contributed by atoms with Gasteiger partial charge in [-0.15, -0.1) is 11.3 Å². The first-order chi connectivity index (χ1) is 9.52. The van der Waals surface area contributed by atoms with E-state index in [2.05, 4.69) is 20.2 Å². The maximum atomic E-state index is 13.2.